The minimum absolute atomic E-state index is 0.0931. The van der Waals surface area contributed by atoms with Crippen molar-refractivity contribution in [2.45, 2.75) is 4.90 Å². The summed E-state index contributed by atoms with van der Waals surface area (Å²) >= 11 is 3.16. The highest BCUT2D eigenvalue weighted by molar-refractivity contribution is 9.09. The van der Waals surface area contributed by atoms with Crippen LogP contribution in [-0.2, 0) is 10.0 Å². The molecule has 0 saturated heterocycles. The van der Waals surface area contributed by atoms with E-state index in [1.54, 1.807) is 18.2 Å². The average Bonchev–Trinajstić information content (AvgIpc) is 2.42. The molecule has 2 aromatic rings. The number of alkyl halides is 1. The SMILES string of the molecule is O=S(=O)(c1ccccc1)N(CBr)c1ccc(F)cc1. The van der Waals surface area contributed by atoms with Crippen LogP contribution in [0.3, 0.4) is 0 Å². The molecule has 0 amide bonds. The zero-order chi connectivity index (χ0) is 13.9. The Hall–Kier alpha value is -1.40. The van der Waals surface area contributed by atoms with Gasteiger partial charge in [-0.2, -0.15) is 0 Å². The van der Waals surface area contributed by atoms with Crippen molar-refractivity contribution in [3.8, 4) is 0 Å². The van der Waals surface area contributed by atoms with Gasteiger partial charge in [0.25, 0.3) is 10.0 Å². The molecule has 2 aromatic carbocycles. The zero-order valence-corrected chi connectivity index (χ0v) is 12.2. The van der Waals surface area contributed by atoms with Crippen LogP contribution in [0.1, 0.15) is 0 Å². The molecule has 0 aliphatic rings. The molecule has 0 radical (unpaired) electrons. The Morgan fingerprint density at radius 3 is 2.11 bits per heavy atom. The van der Waals surface area contributed by atoms with Gasteiger partial charge in [-0.3, -0.25) is 4.31 Å². The Labute approximate surface area is 119 Å². The van der Waals surface area contributed by atoms with Gasteiger partial charge >= 0.3 is 0 Å². The first-order chi connectivity index (χ1) is 9.05. The third-order valence-corrected chi connectivity index (χ3v) is 5.18. The quantitative estimate of drug-likeness (QED) is 0.630. The highest BCUT2D eigenvalue weighted by atomic mass is 79.9. The van der Waals surface area contributed by atoms with Gasteiger partial charge in [0.05, 0.1) is 16.0 Å². The predicted octanol–water partition coefficient (Wildman–Crippen LogP) is 3.37. The molecule has 0 fully saturated rings. The lowest BCUT2D eigenvalue weighted by molar-refractivity contribution is 0.593. The smallest absolute Gasteiger partial charge is 0.256 e. The summed E-state index contributed by atoms with van der Waals surface area (Å²) in [5.41, 5.74) is 0.498. The maximum atomic E-state index is 12.9. The van der Waals surface area contributed by atoms with Crippen LogP contribution in [0.5, 0.6) is 0 Å². The molecule has 3 nitrogen and oxygen atoms in total. The van der Waals surface area contributed by atoms with Crippen LogP contribution >= 0.6 is 15.9 Å². The molecule has 19 heavy (non-hydrogen) atoms. The number of benzene rings is 2. The van der Waals surface area contributed by atoms with E-state index in [2.05, 4.69) is 15.9 Å². The molecule has 0 spiro atoms. The molecule has 0 aromatic heterocycles. The fourth-order valence-electron chi connectivity index (χ4n) is 1.60. The summed E-state index contributed by atoms with van der Waals surface area (Å²) in [6, 6.07) is 13.4. The van der Waals surface area contributed by atoms with E-state index in [9.17, 15) is 12.8 Å². The first kappa shape index (κ1) is 14.0. The van der Waals surface area contributed by atoms with Crippen LogP contribution < -0.4 is 4.31 Å². The molecule has 100 valence electrons. The van der Waals surface area contributed by atoms with Crippen molar-refractivity contribution < 1.29 is 12.8 Å². The third kappa shape index (κ3) is 2.96. The van der Waals surface area contributed by atoms with Crippen LogP contribution in [0, 0.1) is 5.82 Å². The van der Waals surface area contributed by atoms with E-state index in [4.69, 9.17) is 0 Å². The highest BCUT2D eigenvalue weighted by Gasteiger charge is 2.23. The molecular weight excluding hydrogens is 333 g/mol. The standard InChI is InChI=1S/C13H11BrFNO2S/c14-10-16(12-8-6-11(15)7-9-12)19(17,18)13-4-2-1-3-5-13/h1-9H,10H2. The summed E-state index contributed by atoms with van der Waals surface area (Å²) < 4.78 is 39.0. The van der Waals surface area contributed by atoms with Crippen molar-refractivity contribution in [1.82, 2.24) is 0 Å². The molecule has 2 rings (SSSR count). The highest BCUT2D eigenvalue weighted by Crippen LogP contribution is 2.24. The number of rotatable bonds is 4. The fourth-order valence-corrected chi connectivity index (χ4v) is 3.98. The molecule has 0 aliphatic carbocycles. The molecule has 0 atom stereocenters. The lowest BCUT2D eigenvalue weighted by atomic mass is 10.3. The molecule has 0 aliphatic heterocycles. The van der Waals surface area contributed by atoms with E-state index in [0.717, 1.165) is 0 Å². The summed E-state index contributed by atoms with van der Waals surface area (Å²) in [4.78, 5) is 0.193. The maximum absolute atomic E-state index is 12.9. The number of nitrogens with zero attached hydrogens (tertiary/aromatic N) is 1. The number of hydrogen-bond donors (Lipinski definition) is 0. The maximum Gasteiger partial charge on any atom is 0.265 e. The predicted molar refractivity (Wildman–Crippen MR) is 76.3 cm³/mol. The van der Waals surface area contributed by atoms with Crippen LogP contribution in [-0.4, -0.2) is 13.9 Å². The summed E-state index contributed by atoms with van der Waals surface area (Å²) in [6.07, 6.45) is 0. The van der Waals surface area contributed by atoms with E-state index in [-0.39, 0.29) is 10.3 Å². The summed E-state index contributed by atoms with van der Waals surface area (Å²) in [6.45, 7) is 0. The van der Waals surface area contributed by atoms with Crippen LogP contribution in [0.4, 0.5) is 10.1 Å². The largest absolute Gasteiger partial charge is 0.265 e. The first-order valence-corrected chi connectivity index (χ1v) is 8.01. The third-order valence-electron chi connectivity index (χ3n) is 2.55. The molecule has 0 N–H and O–H groups in total. The summed E-state index contributed by atoms with van der Waals surface area (Å²) in [7, 11) is -3.65. The van der Waals surface area contributed by atoms with Gasteiger partial charge in [0.2, 0.25) is 0 Å². The number of hydrogen-bond acceptors (Lipinski definition) is 2. The molecule has 0 bridgehead atoms. The summed E-state index contributed by atoms with van der Waals surface area (Å²) in [5.74, 6) is -0.407. The Bertz CT molecular complexity index is 644. The second-order valence-electron chi connectivity index (χ2n) is 3.76. The van der Waals surface area contributed by atoms with Gasteiger partial charge < -0.3 is 0 Å². The van der Waals surface area contributed by atoms with E-state index in [1.165, 1.54) is 40.7 Å². The van der Waals surface area contributed by atoms with E-state index < -0.39 is 15.8 Å². The van der Waals surface area contributed by atoms with Crippen molar-refractivity contribution in [3.05, 3.63) is 60.4 Å². The molecule has 6 heteroatoms. The van der Waals surface area contributed by atoms with Gasteiger partial charge in [-0.15, -0.1) is 0 Å². The van der Waals surface area contributed by atoms with E-state index in [1.807, 2.05) is 0 Å². The Morgan fingerprint density at radius 1 is 1.00 bits per heavy atom. The molecule has 0 saturated carbocycles. The van der Waals surface area contributed by atoms with Gasteiger partial charge in [-0.1, -0.05) is 34.1 Å². The molecule has 0 heterocycles. The monoisotopic (exact) mass is 343 g/mol. The Kier molecular flexibility index (Phi) is 4.21. The average molecular weight is 344 g/mol. The first-order valence-electron chi connectivity index (χ1n) is 5.45. The normalized spacial score (nSPS) is 11.3. The second-order valence-corrected chi connectivity index (χ2v) is 6.13. The van der Waals surface area contributed by atoms with Gasteiger partial charge in [0.15, 0.2) is 0 Å². The van der Waals surface area contributed by atoms with Gasteiger partial charge in [0, 0.05) is 0 Å². The minimum Gasteiger partial charge on any atom is -0.256 e. The van der Waals surface area contributed by atoms with Crippen molar-refractivity contribution in [1.29, 1.82) is 0 Å². The fraction of sp³-hybridized carbons (Fsp3) is 0.0769. The topological polar surface area (TPSA) is 37.4 Å². The van der Waals surface area contributed by atoms with Crippen molar-refractivity contribution in [3.63, 3.8) is 0 Å². The Balaban J connectivity index is 2.45. The molecular formula is C13H11BrFNO2S. The van der Waals surface area contributed by atoms with Gasteiger partial charge in [0.1, 0.15) is 5.82 Å². The lowest BCUT2D eigenvalue weighted by Crippen LogP contribution is -2.29. The lowest BCUT2D eigenvalue weighted by Gasteiger charge is -2.21. The minimum atomic E-state index is -3.65. The second kappa shape index (κ2) is 5.71. The van der Waals surface area contributed by atoms with E-state index >= 15 is 0 Å². The number of sulfonamides is 1. The molecule has 0 unspecified atom stereocenters. The van der Waals surface area contributed by atoms with Crippen LogP contribution in [0.15, 0.2) is 59.5 Å². The van der Waals surface area contributed by atoms with Crippen molar-refractivity contribution in [2.75, 3.05) is 9.76 Å². The van der Waals surface area contributed by atoms with E-state index in [0.29, 0.717) is 5.69 Å². The number of anilines is 1. The Morgan fingerprint density at radius 2 is 1.58 bits per heavy atom. The van der Waals surface area contributed by atoms with Gasteiger partial charge in [-0.05, 0) is 36.4 Å². The zero-order valence-electron chi connectivity index (χ0n) is 9.83. The number of halogens is 2. The van der Waals surface area contributed by atoms with Crippen LogP contribution in [0.25, 0.3) is 0 Å². The van der Waals surface area contributed by atoms with Gasteiger partial charge in [-0.25, -0.2) is 12.8 Å². The van der Waals surface area contributed by atoms with Crippen molar-refractivity contribution in [2.24, 2.45) is 0 Å². The van der Waals surface area contributed by atoms with Crippen LogP contribution in [0.2, 0.25) is 0 Å². The van der Waals surface area contributed by atoms with Crippen molar-refractivity contribution >= 4 is 31.6 Å². The summed E-state index contributed by atoms with van der Waals surface area (Å²) in [5, 5.41) is 0.